The molecule has 0 N–H and O–H groups in total. The molecule has 0 unspecified atom stereocenters. The van der Waals surface area contributed by atoms with Gasteiger partial charge in [-0.05, 0) is 68.6 Å². The van der Waals surface area contributed by atoms with Crippen LogP contribution >= 0.6 is 0 Å². The number of para-hydroxylation sites is 1. The molecular formula is C39H33NSi2. The van der Waals surface area contributed by atoms with Crippen molar-refractivity contribution in [3.8, 4) is 16.8 Å². The van der Waals surface area contributed by atoms with Crippen LogP contribution in [0.5, 0.6) is 0 Å². The lowest BCUT2D eigenvalue weighted by Gasteiger charge is -2.36. The first-order chi connectivity index (χ1) is 20.6. The zero-order valence-electron chi connectivity index (χ0n) is 24.3. The van der Waals surface area contributed by atoms with Gasteiger partial charge in [-0.3, -0.25) is 0 Å². The average Bonchev–Trinajstić information content (AvgIpc) is 3.31. The highest BCUT2D eigenvalue weighted by molar-refractivity contribution is 7.21. The summed E-state index contributed by atoms with van der Waals surface area (Å²) >= 11 is 0. The molecule has 0 aliphatic carbocycles. The second-order valence-corrected chi connectivity index (χ2v) is 18.6. The minimum atomic E-state index is -2.75. The Labute approximate surface area is 250 Å². The average molecular weight is 572 g/mol. The van der Waals surface area contributed by atoms with Crippen molar-refractivity contribution in [2.75, 3.05) is 0 Å². The van der Waals surface area contributed by atoms with Crippen molar-refractivity contribution in [3.63, 3.8) is 0 Å². The molecule has 1 nitrogen and oxygen atoms in total. The molecule has 1 aliphatic heterocycles. The lowest BCUT2D eigenvalue weighted by molar-refractivity contribution is 1.18. The van der Waals surface area contributed by atoms with Gasteiger partial charge >= 0.3 is 0 Å². The third-order valence-electron chi connectivity index (χ3n) is 9.37. The van der Waals surface area contributed by atoms with Crippen molar-refractivity contribution in [2.45, 2.75) is 20.0 Å². The van der Waals surface area contributed by atoms with Crippen LogP contribution in [0.3, 0.4) is 0 Å². The van der Waals surface area contributed by atoms with Crippen molar-refractivity contribution in [2.24, 2.45) is 0 Å². The van der Waals surface area contributed by atoms with Crippen LogP contribution in [-0.4, -0.2) is 21.4 Å². The second kappa shape index (κ2) is 9.55. The number of aromatic nitrogens is 1. The molecule has 7 aromatic rings. The topological polar surface area (TPSA) is 4.93 Å². The van der Waals surface area contributed by atoms with Gasteiger partial charge in [0.15, 0.2) is 8.07 Å². The highest BCUT2D eigenvalue weighted by atomic mass is 28.3. The third kappa shape index (κ3) is 3.35. The monoisotopic (exact) mass is 571 g/mol. The number of fused-ring (bicyclic) bond motifs is 2. The number of nitrogens with zero attached hydrogens (tertiary/aromatic N) is 1. The maximum atomic E-state index is 2.52. The number of aryl methyl sites for hydroxylation is 1. The molecule has 1 aliphatic rings. The molecule has 0 amide bonds. The number of hydrogen-bond donors (Lipinski definition) is 0. The molecule has 1 aromatic heterocycles. The standard InChI is InChI=1S/C39H33NSi2/c1-27-15-13-23-34-36(27)39-33(41(2)3)26-25-32-38(39)37-31(40(32)28-16-7-4-8-17-28)22-14-24-35(37)42(34,29-18-9-5-10-19-29)30-20-11-6-12-21-30/h4-26,41H,1-3H3. The van der Waals surface area contributed by atoms with E-state index in [9.17, 15) is 0 Å². The van der Waals surface area contributed by atoms with Gasteiger partial charge < -0.3 is 4.57 Å². The summed E-state index contributed by atoms with van der Waals surface area (Å²) in [5.41, 5.74) is 8.13. The van der Waals surface area contributed by atoms with Gasteiger partial charge in [-0.25, -0.2) is 0 Å². The van der Waals surface area contributed by atoms with Crippen molar-refractivity contribution in [1.29, 1.82) is 0 Å². The SMILES string of the molecule is Cc1cccc2c1-c1c([SiH](C)C)ccc3c1c1c(cccc1n3-c1ccccc1)[Si]2(c1ccccc1)c1ccccc1. The summed E-state index contributed by atoms with van der Waals surface area (Å²) in [4.78, 5) is 0. The first-order valence-electron chi connectivity index (χ1n) is 15.0. The summed E-state index contributed by atoms with van der Waals surface area (Å²) in [6.07, 6.45) is 0. The maximum absolute atomic E-state index is 2.75. The smallest absolute Gasteiger partial charge is 0.180 e. The van der Waals surface area contributed by atoms with Crippen molar-refractivity contribution < 1.29 is 0 Å². The molecule has 0 saturated carbocycles. The van der Waals surface area contributed by atoms with E-state index in [1.54, 1.807) is 5.19 Å². The van der Waals surface area contributed by atoms with Gasteiger partial charge in [0, 0.05) is 16.5 Å². The quantitative estimate of drug-likeness (QED) is 0.224. The van der Waals surface area contributed by atoms with Crippen LogP contribution < -0.4 is 25.9 Å². The summed E-state index contributed by atoms with van der Waals surface area (Å²) < 4.78 is 2.52. The Morgan fingerprint density at radius 2 is 1.07 bits per heavy atom. The number of rotatable bonds is 4. The highest BCUT2D eigenvalue weighted by Gasteiger charge is 2.47. The van der Waals surface area contributed by atoms with Gasteiger partial charge in [-0.15, -0.1) is 0 Å². The van der Waals surface area contributed by atoms with E-state index in [4.69, 9.17) is 0 Å². The normalized spacial score (nSPS) is 13.5. The lowest BCUT2D eigenvalue weighted by Crippen LogP contribution is -2.75. The predicted octanol–water partition coefficient (Wildman–Crippen LogP) is 6.14. The van der Waals surface area contributed by atoms with Gasteiger partial charge in [0.25, 0.3) is 0 Å². The Morgan fingerprint density at radius 1 is 0.500 bits per heavy atom. The predicted molar refractivity (Wildman–Crippen MR) is 187 cm³/mol. The lowest BCUT2D eigenvalue weighted by atomic mass is 9.96. The first kappa shape index (κ1) is 25.3. The molecule has 0 saturated heterocycles. The minimum absolute atomic E-state index is 1.19. The van der Waals surface area contributed by atoms with Gasteiger partial charge in [0.2, 0.25) is 0 Å². The van der Waals surface area contributed by atoms with E-state index in [1.165, 1.54) is 64.9 Å². The Hall–Kier alpha value is -4.45. The van der Waals surface area contributed by atoms with Gasteiger partial charge in [-0.1, -0.05) is 134 Å². The van der Waals surface area contributed by atoms with Crippen LogP contribution in [0, 0.1) is 6.92 Å². The third-order valence-corrected chi connectivity index (χ3v) is 15.9. The van der Waals surface area contributed by atoms with Gasteiger partial charge in [-0.2, -0.15) is 0 Å². The molecule has 202 valence electrons. The van der Waals surface area contributed by atoms with Gasteiger partial charge in [0.1, 0.15) is 0 Å². The zero-order chi connectivity index (χ0) is 28.4. The Bertz CT molecular complexity index is 2070. The Kier molecular flexibility index (Phi) is 5.75. The van der Waals surface area contributed by atoms with E-state index < -0.39 is 16.9 Å². The molecule has 6 aromatic carbocycles. The van der Waals surface area contributed by atoms with Crippen LogP contribution in [0.15, 0.2) is 140 Å². The van der Waals surface area contributed by atoms with Gasteiger partial charge in [0.05, 0.1) is 19.8 Å². The maximum Gasteiger partial charge on any atom is 0.180 e. The second-order valence-electron chi connectivity index (χ2n) is 11.9. The van der Waals surface area contributed by atoms with Crippen LogP contribution in [0.2, 0.25) is 13.1 Å². The van der Waals surface area contributed by atoms with E-state index in [1.807, 2.05) is 0 Å². The first-order valence-corrected chi connectivity index (χ1v) is 19.9. The summed E-state index contributed by atoms with van der Waals surface area (Å²) in [5.74, 6) is 0. The molecule has 0 atom stereocenters. The molecule has 3 heteroatoms. The van der Waals surface area contributed by atoms with Crippen molar-refractivity contribution >= 4 is 64.6 Å². The van der Waals surface area contributed by atoms with Crippen LogP contribution in [0.4, 0.5) is 0 Å². The van der Waals surface area contributed by atoms with E-state index in [2.05, 4.69) is 164 Å². The van der Waals surface area contributed by atoms with E-state index in [0.717, 1.165) is 0 Å². The molecule has 0 spiro atoms. The molecule has 0 radical (unpaired) electrons. The van der Waals surface area contributed by atoms with Crippen molar-refractivity contribution in [1.82, 2.24) is 4.57 Å². The zero-order valence-corrected chi connectivity index (χ0v) is 26.5. The Morgan fingerprint density at radius 3 is 1.71 bits per heavy atom. The van der Waals surface area contributed by atoms with Crippen molar-refractivity contribution in [3.05, 3.63) is 145 Å². The molecule has 0 fully saturated rings. The number of hydrogen-bond acceptors (Lipinski definition) is 0. The summed E-state index contributed by atoms with van der Waals surface area (Å²) in [6.45, 7) is 7.30. The fraction of sp³-hybridized carbons (Fsp3) is 0.0769. The summed E-state index contributed by atoms with van der Waals surface area (Å²) in [6, 6.07) is 52.8. The van der Waals surface area contributed by atoms with E-state index in [0.29, 0.717) is 0 Å². The van der Waals surface area contributed by atoms with Crippen LogP contribution in [0.1, 0.15) is 5.56 Å². The summed E-state index contributed by atoms with van der Waals surface area (Å²) in [7, 11) is -3.95. The molecule has 0 bridgehead atoms. The fourth-order valence-electron chi connectivity index (χ4n) is 7.71. The molecule has 42 heavy (non-hydrogen) atoms. The number of benzene rings is 6. The minimum Gasteiger partial charge on any atom is -0.309 e. The van der Waals surface area contributed by atoms with Crippen LogP contribution in [0.25, 0.3) is 38.6 Å². The van der Waals surface area contributed by atoms with E-state index >= 15 is 0 Å². The Balaban J connectivity index is 1.72. The molecular weight excluding hydrogens is 539 g/mol. The van der Waals surface area contributed by atoms with Crippen LogP contribution in [-0.2, 0) is 0 Å². The molecule has 2 heterocycles. The fourth-order valence-corrected chi connectivity index (χ4v) is 14.3. The largest absolute Gasteiger partial charge is 0.309 e. The summed E-state index contributed by atoms with van der Waals surface area (Å²) in [5, 5.41) is 10.3. The molecule has 8 rings (SSSR count). The van der Waals surface area contributed by atoms with E-state index in [-0.39, 0.29) is 0 Å². The highest BCUT2D eigenvalue weighted by Crippen LogP contribution is 2.41.